The number of amides is 2. The largest absolute Gasteiger partial charge is 0.462 e. The molecule has 0 saturated carbocycles. The number of carbonyl (C=O) groups excluding carboxylic acids is 3. The van der Waals surface area contributed by atoms with Crippen molar-refractivity contribution in [2.75, 3.05) is 44.6 Å². The molecule has 0 bridgehead atoms. The average molecular weight is 422 g/mol. The SMILES string of the molecule is CCOC(=O)c1c(-c2cccs2)csc1NC(=O)CN1CCN(C(C)=O)CC1. The van der Waals surface area contributed by atoms with Crippen LogP contribution < -0.4 is 5.32 Å². The maximum atomic E-state index is 12.5. The van der Waals surface area contributed by atoms with Crippen LogP contribution in [0.5, 0.6) is 0 Å². The van der Waals surface area contributed by atoms with Gasteiger partial charge in [-0.15, -0.1) is 22.7 Å². The molecular formula is C19H23N3O4S2. The van der Waals surface area contributed by atoms with Gasteiger partial charge in [0.05, 0.1) is 13.2 Å². The molecule has 1 fully saturated rings. The summed E-state index contributed by atoms with van der Waals surface area (Å²) in [5, 5.41) is 7.20. The monoisotopic (exact) mass is 421 g/mol. The van der Waals surface area contributed by atoms with E-state index >= 15 is 0 Å². The third kappa shape index (κ3) is 4.78. The van der Waals surface area contributed by atoms with Crippen LogP contribution in [0.2, 0.25) is 0 Å². The normalized spacial score (nSPS) is 14.7. The molecule has 28 heavy (non-hydrogen) atoms. The van der Waals surface area contributed by atoms with Crippen LogP contribution in [-0.2, 0) is 14.3 Å². The molecule has 150 valence electrons. The molecule has 3 heterocycles. The number of anilines is 1. The summed E-state index contributed by atoms with van der Waals surface area (Å²) in [6, 6.07) is 3.86. The third-order valence-electron chi connectivity index (χ3n) is 4.49. The lowest BCUT2D eigenvalue weighted by Crippen LogP contribution is -2.49. The number of thiophene rings is 2. The van der Waals surface area contributed by atoms with Crippen LogP contribution in [0, 0.1) is 0 Å². The van der Waals surface area contributed by atoms with Crippen LogP contribution in [0.3, 0.4) is 0 Å². The number of piperazine rings is 1. The van der Waals surface area contributed by atoms with Gasteiger partial charge in [-0.25, -0.2) is 4.79 Å². The smallest absolute Gasteiger partial charge is 0.341 e. The summed E-state index contributed by atoms with van der Waals surface area (Å²) >= 11 is 2.86. The highest BCUT2D eigenvalue weighted by molar-refractivity contribution is 7.17. The summed E-state index contributed by atoms with van der Waals surface area (Å²) in [5.74, 6) is -0.554. The van der Waals surface area contributed by atoms with Gasteiger partial charge in [0.15, 0.2) is 0 Å². The predicted molar refractivity (Wildman–Crippen MR) is 111 cm³/mol. The van der Waals surface area contributed by atoms with E-state index in [1.54, 1.807) is 18.7 Å². The first kappa shape index (κ1) is 20.5. The molecule has 9 heteroatoms. The Balaban J connectivity index is 1.69. The summed E-state index contributed by atoms with van der Waals surface area (Å²) in [4.78, 5) is 41.2. The molecule has 0 aromatic carbocycles. The average Bonchev–Trinajstić information content (AvgIpc) is 3.31. The second-order valence-corrected chi connectivity index (χ2v) is 8.21. The van der Waals surface area contributed by atoms with E-state index < -0.39 is 5.97 Å². The van der Waals surface area contributed by atoms with E-state index in [0.717, 1.165) is 10.4 Å². The Kier molecular flexibility index (Phi) is 6.82. The van der Waals surface area contributed by atoms with Gasteiger partial charge in [-0.2, -0.15) is 0 Å². The quantitative estimate of drug-likeness (QED) is 0.726. The van der Waals surface area contributed by atoms with E-state index in [1.807, 2.05) is 27.8 Å². The van der Waals surface area contributed by atoms with E-state index in [0.29, 0.717) is 36.7 Å². The van der Waals surface area contributed by atoms with Gasteiger partial charge in [-0.3, -0.25) is 14.5 Å². The highest BCUT2D eigenvalue weighted by atomic mass is 32.1. The third-order valence-corrected chi connectivity index (χ3v) is 6.29. The molecule has 2 aromatic rings. The van der Waals surface area contributed by atoms with Gasteiger partial charge in [0.2, 0.25) is 11.8 Å². The van der Waals surface area contributed by atoms with Crippen molar-refractivity contribution in [2.45, 2.75) is 13.8 Å². The molecule has 2 amide bonds. The van der Waals surface area contributed by atoms with Crippen molar-refractivity contribution in [1.29, 1.82) is 0 Å². The van der Waals surface area contributed by atoms with E-state index in [2.05, 4.69) is 5.32 Å². The van der Waals surface area contributed by atoms with Crippen LogP contribution >= 0.6 is 22.7 Å². The van der Waals surface area contributed by atoms with Crippen LogP contribution in [0.25, 0.3) is 10.4 Å². The molecule has 2 aromatic heterocycles. The van der Waals surface area contributed by atoms with E-state index in [9.17, 15) is 14.4 Å². The van der Waals surface area contributed by atoms with E-state index in [4.69, 9.17) is 4.74 Å². The van der Waals surface area contributed by atoms with Crippen molar-refractivity contribution in [2.24, 2.45) is 0 Å². The summed E-state index contributed by atoms with van der Waals surface area (Å²) in [7, 11) is 0. The maximum absolute atomic E-state index is 12.5. The fraction of sp³-hybridized carbons (Fsp3) is 0.421. The molecule has 1 aliphatic heterocycles. The number of carbonyl (C=O) groups is 3. The minimum Gasteiger partial charge on any atom is -0.462 e. The summed E-state index contributed by atoms with van der Waals surface area (Å²) in [5.41, 5.74) is 1.19. The Hall–Kier alpha value is -2.23. The van der Waals surface area contributed by atoms with Gasteiger partial charge >= 0.3 is 5.97 Å². The number of hydrogen-bond donors (Lipinski definition) is 1. The Bertz CT molecular complexity index is 839. The van der Waals surface area contributed by atoms with Gasteiger partial charge in [0.25, 0.3) is 0 Å². The number of nitrogens with zero attached hydrogens (tertiary/aromatic N) is 2. The van der Waals surface area contributed by atoms with Crippen LogP contribution in [0.4, 0.5) is 5.00 Å². The zero-order valence-electron chi connectivity index (χ0n) is 15.9. The maximum Gasteiger partial charge on any atom is 0.341 e. The van der Waals surface area contributed by atoms with Crippen molar-refractivity contribution in [3.05, 3.63) is 28.5 Å². The lowest BCUT2D eigenvalue weighted by molar-refractivity contribution is -0.130. The lowest BCUT2D eigenvalue weighted by atomic mass is 10.1. The van der Waals surface area contributed by atoms with Gasteiger partial charge in [-0.05, 0) is 18.4 Å². The first-order chi connectivity index (χ1) is 13.5. The Morgan fingerprint density at radius 3 is 2.54 bits per heavy atom. The second kappa shape index (κ2) is 9.31. The standard InChI is InChI=1S/C19H23N3O4S2/c1-3-26-19(25)17-14(15-5-4-10-27-15)12-28-18(17)20-16(24)11-21-6-8-22(9-7-21)13(2)23/h4-5,10,12H,3,6-9,11H2,1-2H3,(H,20,24). The Morgan fingerprint density at radius 2 is 1.93 bits per heavy atom. The minimum atomic E-state index is -0.433. The van der Waals surface area contributed by atoms with Crippen LogP contribution in [0.1, 0.15) is 24.2 Å². The molecular weight excluding hydrogens is 398 g/mol. The first-order valence-electron chi connectivity index (χ1n) is 9.09. The molecule has 7 nitrogen and oxygen atoms in total. The van der Waals surface area contributed by atoms with Crippen LogP contribution in [0.15, 0.2) is 22.9 Å². The molecule has 0 spiro atoms. The first-order valence-corrected chi connectivity index (χ1v) is 10.9. The number of rotatable bonds is 6. The minimum absolute atomic E-state index is 0.0582. The summed E-state index contributed by atoms with van der Waals surface area (Å²) in [6.45, 7) is 6.36. The second-order valence-electron chi connectivity index (χ2n) is 6.38. The zero-order valence-corrected chi connectivity index (χ0v) is 17.5. The van der Waals surface area contributed by atoms with Crippen LogP contribution in [-0.4, -0.2) is 66.9 Å². The molecule has 1 aliphatic rings. The molecule has 0 radical (unpaired) electrons. The Labute approximate surface area is 171 Å². The Morgan fingerprint density at radius 1 is 1.18 bits per heavy atom. The van der Waals surface area contributed by atoms with Crippen molar-refractivity contribution in [1.82, 2.24) is 9.80 Å². The van der Waals surface area contributed by atoms with Crippen molar-refractivity contribution in [3.8, 4) is 10.4 Å². The highest BCUT2D eigenvalue weighted by Gasteiger charge is 2.25. The molecule has 0 unspecified atom stereocenters. The van der Waals surface area contributed by atoms with Gasteiger partial charge in [-0.1, -0.05) is 6.07 Å². The fourth-order valence-corrected chi connectivity index (χ4v) is 4.85. The van der Waals surface area contributed by atoms with Gasteiger partial charge < -0.3 is 15.0 Å². The van der Waals surface area contributed by atoms with Gasteiger partial charge in [0, 0.05) is 48.9 Å². The highest BCUT2D eigenvalue weighted by Crippen LogP contribution is 2.38. The predicted octanol–water partition coefficient (Wildman–Crippen LogP) is 2.76. The number of nitrogens with one attached hydrogen (secondary N) is 1. The number of hydrogen-bond acceptors (Lipinski definition) is 7. The van der Waals surface area contributed by atoms with E-state index in [1.165, 1.54) is 22.7 Å². The number of esters is 1. The summed E-state index contributed by atoms with van der Waals surface area (Å²) in [6.07, 6.45) is 0. The van der Waals surface area contributed by atoms with E-state index in [-0.39, 0.29) is 25.0 Å². The fourth-order valence-electron chi connectivity index (χ4n) is 3.06. The lowest BCUT2D eigenvalue weighted by Gasteiger charge is -2.33. The molecule has 0 atom stereocenters. The van der Waals surface area contributed by atoms with Crippen molar-refractivity contribution >= 4 is 45.5 Å². The topological polar surface area (TPSA) is 79.0 Å². The molecule has 1 N–H and O–H groups in total. The number of ether oxygens (including phenoxy) is 1. The molecule has 3 rings (SSSR count). The summed E-state index contributed by atoms with van der Waals surface area (Å²) < 4.78 is 5.20. The van der Waals surface area contributed by atoms with Crippen molar-refractivity contribution in [3.63, 3.8) is 0 Å². The van der Waals surface area contributed by atoms with Gasteiger partial charge in [0.1, 0.15) is 10.6 Å². The van der Waals surface area contributed by atoms with Crippen molar-refractivity contribution < 1.29 is 19.1 Å². The molecule has 0 aliphatic carbocycles. The zero-order chi connectivity index (χ0) is 20.1. The molecule has 1 saturated heterocycles.